The van der Waals surface area contributed by atoms with Crippen molar-refractivity contribution in [3.8, 4) is 89.0 Å². The maximum atomic E-state index is 6.49. The summed E-state index contributed by atoms with van der Waals surface area (Å²) in [7, 11) is 0. The molecule has 10 aliphatic carbocycles. The van der Waals surface area contributed by atoms with Gasteiger partial charge in [0.2, 0.25) is 0 Å². The van der Waals surface area contributed by atoms with Gasteiger partial charge in [-0.1, -0.05) is 237 Å². The Hall–Kier alpha value is -11.5. The van der Waals surface area contributed by atoms with Crippen molar-refractivity contribution in [2.24, 2.45) is 52.8 Å². The number of para-hydroxylation sites is 1. The van der Waals surface area contributed by atoms with Crippen LogP contribution in [0.3, 0.4) is 0 Å². The highest BCUT2D eigenvalue weighted by molar-refractivity contribution is 6.07. The molecule has 6 atom stereocenters. The lowest BCUT2D eigenvalue weighted by atomic mass is 9.43. The number of nitrogens with zero attached hydrogens (tertiary/aromatic N) is 2. The Morgan fingerprint density at radius 2 is 0.639 bits per heavy atom. The van der Waals surface area contributed by atoms with Gasteiger partial charge in [-0.05, 0) is 319 Å². The first-order valence-electron chi connectivity index (χ1n) is 40.1. The van der Waals surface area contributed by atoms with Gasteiger partial charge in [0, 0.05) is 55.7 Å². The van der Waals surface area contributed by atoms with Crippen LogP contribution in [0.1, 0.15) is 86.5 Å². The van der Waals surface area contributed by atoms with Gasteiger partial charge in [0.15, 0.2) is 0 Å². The molecule has 8 saturated carbocycles. The third-order valence-electron chi connectivity index (χ3n) is 29.3. The van der Waals surface area contributed by atoms with Crippen LogP contribution in [-0.2, 0) is 10.8 Å². The van der Waals surface area contributed by atoms with E-state index in [-0.39, 0.29) is 10.8 Å². The van der Waals surface area contributed by atoms with Crippen molar-refractivity contribution in [1.82, 2.24) is 0 Å². The van der Waals surface area contributed by atoms with E-state index in [1.807, 2.05) is 0 Å². The molecule has 518 valence electrons. The molecule has 15 aromatic rings. The largest absolute Gasteiger partial charge is 0.456 e. The topological polar surface area (TPSA) is 19.6 Å². The zero-order valence-corrected chi connectivity index (χ0v) is 60.7. The monoisotopic (exact) mass is 1390 g/mol. The molecule has 14 aromatic carbocycles. The second-order valence-electron chi connectivity index (χ2n) is 34.0. The van der Waals surface area contributed by atoms with E-state index in [0.717, 1.165) is 85.9 Å². The van der Waals surface area contributed by atoms with Crippen molar-refractivity contribution in [3.05, 3.63) is 350 Å². The zero-order chi connectivity index (χ0) is 70.6. The second kappa shape index (κ2) is 23.2. The average molecular weight is 1390 g/mol. The molecule has 3 spiro atoms. The van der Waals surface area contributed by atoms with Crippen LogP contribution in [0.5, 0.6) is 0 Å². The van der Waals surface area contributed by atoms with Crippen molar-refractivity contribution in [2.45, 2.75) is 75.0 Å². The average Bonchev–Trinajstić information content (AvgIpc) is 1.48. The molecule has 5 unspecified atom stereocenters. The molecule has 1 aromatic heterocycles. The van der Waals surface area contributed by atoms with Crippen LogP contribution in [0, 0.1) is 52.8 Å². The highest BCUT2D eigenvalue weighted by Crippen LogP contribution is 2.82. The molecule has 0 aliphatic heterocycles. The Kier molecular flexibility index (Phi) is 13.3. The molecular formula is C105H82N2O. The van der Waals surface area contributed by atoms with Crippen molar-refractivity contribution in [2.75, 3.05) is 9.80 Å². The van der Waals surface area contributed by atoms with Gasteiger partial charge in [-0.3, -0.25) is 0 Å². The SMILES string of the molecule is c1ccc(-c2ccc(-c3ccc(N(c4ccc5c(c4)-c4c(-c6cccc(-c7ccc(-c8ccc(N(c9cccc(-c%10ccccc%10)c9)c9ccc%10c(c9)-c9ccccc9C%109C%10CC%11CC%12C[C@H]9CC%11%12C%10)cc8)cc7)c6)cccc4C54C5CC6CC(C5)CC4C6)c4ccc5oc6ccccc6c5c4)cc3)cc2)cc1. The Bertz CT molecular complexity index is 6090. The van der Waals surface area contributed by atoms with Gasteiger partial charge in [0.1, 0.15) is 11.2 Å². The molecule has 1 heterocycles. The minimum Gasteiger partial charge on any atom is -0.456 e. The third kappa shape index (κ3) is 8.85. The summed E-state index contributed by atoms with van der Waals surface area (Å²) in [4.78, 5) is 5.01. The lowest BCUT2D eigenvalue weighted by Crippen LogP contribution is -2.55. The molecule has 7 bridgehead atoms. The normalized spacial score (nSPS) is 25.0. The quantitative estimate of drug-likeness (QED) is 0.122. The first-order chi connectivity index (χ1) is 53.4. The van der Waals surface area contributed by atoms with Crippen molar-refractivity contribution in [3.63, 3.8) is 0 Å². The summed E-state index contributed by atoms with van der Waals surface area (Å²) < 4.78 is 6.49. The molecule has 0 amide bonds. The minimum absolute atomic E-state index is 0.0206. The number of hydrogen-bond acceptors (Lipinski definition) is 3. The Balaban J connectivity index is 0.581. The number of anilines is 6. The van der Waals surface area contributed by atoms with E-state index in [4.69, 9.17) is 4.42 Å². The highest BCUT2D eigenvalue weighted by atomic mass is 16.3. The van der Waals surface area contributed by atoms with Gasteiger partial charge in [-0.15, -0.1) is 0 Å². The molecule has 0 radical (unpaired) electrons. The van der Waals surface area contributed by atoms with Crippen LogP contribution in [0.4, 0.5) is 34.1 Å². The van der Waals surface area contributed by atoms with E-state index < -0.39 is 0 Å². The number of hydrogen-bond donors (Lipinski definition) is 0. The molecule has 10 aliphatic rings. The highest BCUT2D eigenvalue weighted by Gasteiger charge is 2.74. The summed E-state index contributed by atoms with van der Waals surface area (Å²) in [6, 6.07) is 125. The van der Waals surface area contributed by atoms with E-state index in [2.05, 4.69) is 337 Å². The van der Waals surface area contributed by atoms with Crippen LogP contribution in [-0.4, -0.2) is 0 Å². The molecule has 0 N–H and O–H groups in total. The Morgan fingerprint density at radius 1 is 0.231 bits per heavy atom. The maximum absolute atomic E-state index is 6.49. The summed E-state index contributed by atoms with van der Waals surface area (Å²) in [6.45, 7) is 0. The van der Waals surface area contributed by atoms with E-state index >= 15 is 0 Å². The maximum Gasteiger partial charge on any atom is 0.135 e. The van der Waals surface area contributed by atoms with E-state index in [9.17, 15) is 0 Å². The van der Waals surface area contributed by atoms with Crippen molar-refractivity contribution >= 4 is 56.1 Å². The predicted molar refractivity (Wildman–Crippen MR) is 445 cm³/mol. The predicted octanol–water partition coefficient (Wildman–Crippen LogP) is 28.0. The number of benzene rings is 14. The first kappa shape index (κ1) is 61.6. The fraction of sp³-hybridized carbons (Fsp3) is 0.200. The van der Waals surface area contributed by atoms with Crippen LogP contribution in [0.15, 0.2) is 332 Å². The fourth-order valence-corrected chi connectivity index (χ4v) is 25.2. The lowest BCUT2D eigenvalue weighted by Gasteiger charge is -2.61. The molecule has 3 nitrogen and oxygen atoms in total. The smallest absolute Gasteiger partial charge is 0.135 e. The summed E-state index contributed by atoms with van der Waals surface area (Å²) in [6.07, 6.45) is 13.9. The number of furan rings is 1. The zero-order valence-electron chi connectivity index (χ0n) is 60.7. The Labute approximate surface area is 632 Å². The lowest BCUT2D eigenvalue weighted by molar-refractivity contribution is -0.0399. The first-order valence-corrected chi connectivity index (χ1v) is 40.1. The van der Waals surface area contributed by atoms with E-state index in [1.165, 1.54) is 159 Å². The molecule has 8 fully saturated rings. The number of fused-ring (bicyclic) bond motifs is 15. The van der Waals surface area contributed by atoms with Crippen LogP contribution < -0.4 is 9.80 Å². The molecular weight excluding hydrogens is 1310 g/mol. The minimum atomic E-state index is -0.0206. The fourth-order valence-electron chi connectivity index (χ4n) is 25.2. The third-order valence-corrected chi connectivity index (χ3v) is 29.3. The van der Waals surface area contributed by atoms with Gasteiger partial charge in [-0.25, -0.2) is 0 Å². The number of rotatable bonds is 12. The molecule has 0 saturated heterocycles. The molecule has 108 heavy (non-hydrogen) atoms. The van der Waals surface area contributed by atoms with Gasteiger partial charge < -0.3 is 14.2 Å². The summed E-state index contributed by atoms with van der Waals surface area (Å²) >= 11 is 0. The van der Waals surface area contributed by atoms with Gasteiger partial charge in [0.05, 0.1) is 0 Å². The van der Waals surface area contributed by atoms with Gasteiger partial charge in [0.25, 0.3) is 0 Å². The summed E-state index contributed by atoms with van der Waals surface area (Å²) in [5.41, 5.74) is 36.2. The molecule has 3 heteroatoms. The van der Waals surface area contributed by atoms with Crippen LogP contribution in [0.2, 0.25) is 0 Å². The van der Waals surface area contributed by atoms with Crippen LogP contribution >= 0.6 is 0 Å². The van der Waals surface area contributed by atoms with Gasteiger partial charge >= 0.3 is 0 Å². The van der Waals surface area contributed by atoms with Gasteiger partial charge in [-0.2, -0.15) is 0 Å². The van der Waals surface area contributed by atoms with E-state index in [0.29, 0.717) is 17.3 Å². The van der Waals surface area contributed by atoms with E-state index in [1.54, 1.807) is 22.3 Å². The molecule has 25 rings (SSSR count). The summed E-state index contributed by atoms with van der Waals surface area (Å²) in [5, 5.41) is 2.25. The Morgan fingerprint density at radius 3 is 1.28 bits per heavy atom. The summed E-state index contributed by atoms with van der Waals surface area (Å²) in [5.74, 6) is 6.30. The standard InChI is InChI=1S/C105H82N2O/c1-3-14-67(15-4-1)69-28-30-70(31-29-69)72-38-42-85(43-39-72)107(89-46-49-101-94(61-89)92-23-8-10-27-100(92)108-101)88-45-48-98-95(62-88)102-90(24-13-26-99(102)104(98)80-51-65-50-66(53-80)54-81(104)52-65)77-20-11-18-75(55-77)74-34-32-71(33-35-74)73-36-40-84(41-37-73)106(86-21-12-19-76(56-86)68-16-5-2-6-17-68)87-44-47-97-93(60-87)91-22-7-9-25-96(91)105(97)82-58-78-57-79-59-83(105)64-103(78,79)63-82/h1-49,55-56,60-62,65-66,78-83H,50-54,57-59,63-64H2/t65?,66?,78?,79?,80?,81?,82-,83?,103?,104?,105?/m0/s1. The second-order valence-corrected chi connectivity index (χ2v) is 34.0. The van der Waals surface area contributed by atoms with Crippen molar-refractivity contribution in [1.29, 1.82) is 0 Å². The van der Waals surface area contributed by atoms with Crippen molar-refractivity contribution < 1.29 is 4.42 Å². The van der Waals surface area contributed by atoms with Crippen LogP contribution in [0.25, 0.3) is 111 Å².